The minimum atomic E-state index is -0.115. The van der Waals surface area contributed by atoms with E-state index in [1.54, 1.807) is 20.3 Å². The molecule has 6 heteroatoms. The van der Waals surface area contributed by atoms with Crippen LogP contribution >= 0.6 is 0 Å². The first-order valence-electron chi connectivity index (χ1n) is 10.5. The Morgan fingerprint density at radius 1 is 1.07 bits per heavy atom. The fraction of sp³-hybridized carbons (Fsp3) is 0.375. The largest absolute Gasteiger partial charge is 0.493 e. The van der Waals surface area contributed by atoms with E-state index >= 15 is 0 Å². The van der Waals surface area contributed by atoms with Gasteiger partial charge in [-0.25, -0.2) is 0 Å². The summed E-state index contributed by atoms with van der Waals surface area (Å²) in [6.45, 7) is 5.42. The molecule has 1 fully saturated rings. The van der Waals surface area contributed by atoms with Crippen LogP contribution < -0.4 is 20.1 Å². The van der Waals surface area contributed by atoms with Gasteiger partial charge in [0.25, 0.3) is 5.91 Å². The lowest BCUT2D eigenvalue weighted by Crippen LogP contribution is -2.18. The average molecular weight is 408 g/mol. The van der Waals surface area contributed by atoms with E-state index < -0.39 is 0 Å². The molecule has 2 aliphatic rings. The summed E-state index contributed by atoms with van der Waals surface area (Å²) in [7, 11) is 3.19. The van der Waals surface area contributed by atoms with Gasteiger partial charge in [-0.1, -0.05) is 19.1 Å². The highest BCUT2D eigenvalue weighted by Gasteiger charge is 2.29. The molecule has 6 nitrogen and oxygen atoms in total. The number of methoxy groups -OCH3 is 2. The van der Waals surface area contributed by atoms with Crippen LogP contribution in [-0.2, 0) is 11.3 Å². The Morgan fingerprint density at radius 2 is 1.73 bits per heavy atom. The smallest absolute Gasteiger partial charge is 0.258 e. The third-order valence-electron chi connectivity index (χ3n) is 5.78. The van der Waals surface area contributed by atoms with E-state index in [9.17, 15) is 4.79 Å². The lowest BCUT2D eigenvalue weighted by molar-refractivity contribution is -0.110. The number of allylic oxidation sites excluding steroid dienone is 1. The number of rotatable bonds is 7. The van der Waals surface area contributed by atoms with Gasteiger partial charge in [0.05, 0.1) is 25.5 Å². The molecule has 2 heterocycles. The number of hydrogen-bond donors (Lipinski definition) is 2. The van der Waals surface area contributed by atoms with E-state index in [1.807, 2.05) is 13.0 Å². The minimum absolute atomic E-state index is 0.115. The summed E-state index contributed by atoms with van der Waals surface area (Å²) in [5.74, 6) is 1.08. The van der Waals surface area contributed by atoms with Gasteiger partial charge in [-0.05, 0) is 56.1 Å². The summed E-state index contributed by atoms with van der Waals surface area (Å²) < 4.78 is 10.8. The molecule has 2 aromatic carbocycles. The van der Waals surface area contributed by atoms with Crippen LogP contribution in [0, 0.1) is 0 Å². The SMILES string of the molecule is CC/C(Nc1ccc(CN2CCCC2)cc1)=C1/C(=O)Nc2cc(OC)c(OC)cc21. The third-order valence-corrected chi connectivity index (χ3v) is 5.78. The third kappa shape index (κ3) is 4.00. The second-order valence-electron chi connectivity index (χ2n) is 7.72. The Labute approximate surface area is 177 Å². The molecule has 1 saturated heterocycles. The number of likely N-dealkylation sites (tertiary alicyclic amines) is 1. The maximum absolute atomic E-state index is 12.8. The number of carbonyl (C=O) groups excluding carboxylic acids is 1. The molecule has 1 amide bonds. The summed E-state index contributed by atoms with van der Waals surface area (Å²) in [4.78, 5) is 15.3. The summed E-state index contributed by atoms with van der Waals surface area (Å²) in [5.41, 5.74) is 5.38. The first-order valence-corrected chi connectivity index (χ1v) is 10.5. The van der Waals surface area contributed by atoms with Crippen LogP contribution in [0.4, 0.5) is 11.4 Å². The quantitative estimate of drug-likeness (QED) is 0.663. The fourth-order valence-electron chi connectivity index (χ4n) is 4.19. The maximum Gasteiger partial charge on any atom is 0.258 e. The van der Waals surface area contributed by atoms with Gasteiger partial charge in [0.1, 0.15) is 0 Å². The lowest BCUT2D eigenvalue weighted by atomic mass is 10.0. The van der Waals surface area contributed by atoms with Gasteiger partial charge in [0.15, 0.2) is 11.5 Å². The Bertz CT molecular complexity index is 960. The van der Waals surface area contributed by atoms with E-state index in [4.69, 9.17) is 9.47 Å². The zero-order valence-electron chi connectivity index (χ0n) is 17.9. The van der Waals surface area contributed by atoms with Crippen LogP contribution in [0.25, 0.3) is 5.57 Å². The normalized spacial score (nSPS) is 17.5. The zero-order valence-corrected chi connectivity index (χ0v) is 17.9. The summed E-state index contributed by atoms with van der Waals surface area (Å²) in [6.07, 6.45) is 3.30. The van der Waals surface area contributed by atoms with Crippen molar-refractivity contribution in [1.82, 2.24) is 4.90 Å². The van der Waals surface area contributed by atoms with Gasteiger partial charge in [-0.15, -0.1) is 0 Å². The van der Waals surface area contributed by atoms with E-state index in [0.29, 0.717) is 23.5 Å². The van der Waals surface area contributed by atoms with Crippen LogP contribution in [0.15, 0.2) is 42.1 Å². The second kappa shape index (κ2) is 8.79. The number of nitrogens with zero attached hydrogens (tertiary/aromatic N) is 1. The molecule has 30 heavy (non-hydrogen) atoms. The Balaban J connectivity index is 1.59. The topological polar surface area (TPSA) is 62.8 Å². The molecule has 2 N–H and O–H groups in total. The van der Waals surface area contributed by atoms with Crippen molar-refractivity contribution in [2.75, 3.05) is 37.9 Å². The molecule has 0 bridgehead atoms. The van der Waals surface area contributed by atoms with Crippen LogP contribution in [0.1, 0.15) is 37.3 Å². The number of hydrogen-bond acceptors (Lipinski definition) is 5. The van der Waals surface area contributed by atoms with E-state index in [-0.39, 0.29) is 5.91 Å². The Morgan fingerprint density at radius 3 is 2.37 bits per heavy atom. The van der Waals surface area contributed by atoms with Gasteiger partial charge < -0.3 is 20.1 Å². The van der Waals surface area contributed by atoms with Crippen LogP contribution in [0.5, 0.6) is 11.5 Å². The highest BCUT2D eigenvalue weighted by molar-refractivity contribution is 6.32. The number of benzene rings is 2. The van der Waals surface area contributed by atoms with Crippen molar-refractivity contribution in [3.8, 4) is 11.5 Å². The predicted molar refractivity (Wildman–Crippen MR) is 120 cm³/mol. The van der Waals surface area contributed by atoms with Gasteiger partial charge in [-0.2, -0.15) is 0 Å². The number of nitrogens with one attached hydrogen (secondary N) is 2. The number of amides is 1. The molecule has 0 unspecified atom stereocenters. The van der Waals surface area contributed by atoms with Crippen molar-refractivity contribution in [3.05, 3.63) is 53.2 Å². The molecule has 0 aromatic heterocycles. The number of anilines is 2. The number of carbonyl (C=O) groups is 1. The molecule has 0 aliphatic carbocycles. The lowest BCUT2D eigenvalue weighted by Gasteiger charge is -2.16. The maximum atomic E-state index is 12.8. The van der Waals surface area contributed by atoms with Gasteiger partial charge >= 0.3 is 0 Å². The molecular weight excluding hydrogens is 378 g/mol. The number of fused-ring (bicyclic) bond motifs is 1. The van der Waals surface area contributed by atoms with Crippen molar-refractivity contribution in [3.63, 3.8) is 0 Å². The van der Waals surface area contributed by atoms with Crippen LogP contribution in [-0.4, -0.2) is 38.1 Å². The molecule has 0 saturated carbocycles. The summed E-state index contributed by atoms with van der Waals surface area (Å²) in [6, 6.07) is 12.2. The van der Waals surface area contributed by atoms with Crippen molar-refractivity contribution in [2.24, 2.45) is 0 Å². The molecule has 0 spiro atoms. The van der Waals surface area contributed by atoms with Crippen LogP contribution in [0.2, 0.25) is 0 Å². The number of ether oxygens (including phenoxy) is 2. The summed E-state index contributed by atoms with van der Waals surface area (Å²) in [5, 5.41) is 6.41. The molecule has 4 rings (SSSR count). The summed E-state index contributed by atoms with van der Waals surface area (Å²) >= 11 is 0. The van der Waals surface area contributed by atoms with Gasteiger partial charge in [0, 0.05) is 29.6 Å². The minimum Gasteiger partial charge on any atom is -0.493 e. The first-order chi connectivity index (χ1) is 14.6. The van der Waals surface area contributed by atoms with E-state index in [0.717, 1.165) is 29.2 Å². The van der Waals surface area contributed by atoms with E-state index in [2.05, 4.69) is 39.8 Å². The highest BCUT2D eigenvalue weighted by atomic mass is 16.5. The van der Waals surface area contributed by atoms with Gasteiger partial charge in [-0.3, -0.25) is 9.69 Å². The monoisotopic (exact) mass is 407 g/mol. The standard InChI is InChI=1S/C24H29N3O3/c1-4-19(25-17-9-7-16(8-10-17)15-27-11-5-6-12-27)23-18-13-21(29-2)22(30-3)14-20(18)26-24(23)28/h7-10,13-14,25H,4-6,11-12,15H2,1-3H3,(H,26,28)/b23-19-. The highest BCUT2D eigenvalue weighted by Crippen LogP contribution is 2.42. The van der Waals surface area contributed by atoms with Gasteiger partial charge in [0.2, 0.25) is 0 Å². The zero-order chi connectivity index (χ0) is 21.1. The Hall–Kier alpha value is -2.99. The molecule has 2 aliphatic heterocycles. The average Bonchev–Trinajstić information content (AvgIpc) is 3.38. The van der Waals surface area contributed by atoms with Crippen molar-refractivity contribution < 1.29 is 14.3 Å². The molecule has 158 valence electrons. The van der Waals surface area contributed by atoms with Crippen molar-refractivity contribution >= 4 is 22.9 Å². The molecule has 0 atom stereocenters. The molecule has 2 aromatic rings. The van der Waals surface area contributed by atoms with Crippen molar-refractivity contribution in [2.45, 2.75) is 32.7 Å². The molecular formula is C24H29N3O3. The predicted octanol–water partition coefficient (Wildman–Crippen LogP) is 4.48. The van der Waals surface area contributed by atoms with Crippen LogP contribution in [0.3, 0.4) is 0 Å². The Kier molecular flexibility index (Phi) is 5.95. The molecule has 0 radical (unpaired) electrons. The van der Waals surface area contributed by atoms with E-state index in [1.165, 1.54) is 31.5 Å². The second-order valence-corrected chi connectivity index (χ2v) is 7.72. The van der Waals surface area contributed by atoms with Crippen molar-refractivity contribution in [1.29, 1.82) is 0 Å². The fourth-order valence-corrected chi connectivity index (χ4v) is 4.19. The first kappa shape index (κ1) is 20.3.